The summed E-state index contributed by atoms with van der Waals surface area (Å²) in [7, 11) is 1.71. The summed E-state index contributed by atoms with van der Waals surface area (Å²) in [6.07, 6.45) is 1.88. The molecule has 0 unspecified atom stereocenters. The zero-order valence-corrected chi connectivity index (χ0v) is 11.5. The number of carboxylic acid groups (broad SMARTS) is 1. The second kappa shape index (κ2) is 6.01. The van der Waals surface area contributed by atoms with Crippen molar-refractivity contribution in [2.45, 2.75) is 31.8 Å². The van der Waals surface area contributed by atoms with E-state index in [0.717, 1.165) is 12.1 Å². The fraction of sp³-hybridized carbons (Fsp3) is 0.583. The van der Waals surface area contributed by atoms with Crippen molar-refractivity contribution < 1.29 is 14.7 Å². The van der Waals surface area contributed by atoms with Gasteiger partial charge in [0, 0.05) is 18.5 Å². The predicted octanol–water partition coefficient (Wildman–Crippen LogP) is 1.54. The van der Waals surface area contributed by atoms with E-state index in [-0.39, 0.29) is 18.0 Å². The molecule has 2 atom stereocenters. The standard InChI is InChI=1S/C12H17N3O3S/c1-15(5-10-6-19-7-13-10)12(18)14-9-3-2-8(4-9)11(16)17/h6-9H,2-5H2,1H3,(H,14,18)(H,16,17)/t8-,9+/m1/s1. The third-order valence-electron chi connectivity index (χ3n) is 3.34. The van der Waals surface area contributed by atoms with Gasteiger partial charge in [-0.15, -0.1) is 11.3 Å². The van der Waals surface area contributed by atoms with E-state index in [1.54, 1.807) is 17.5 Å². The van der Waals surface area contributed by atoms with E-state index in [2.05, 4.69) is 10.3 Å². The van der Waals surface area contributed by atoms with Crippen LogP contribution in [0.1, 0.15) is 25.0 Å². The highest BCUT2D eigenvalue weighted by Gasteiger charge is 2.31. The van der Waals surface area contributed by atoms with Crippen LogP contribution in [0.25, 0.3) is 0 Å². The summed E-state index contributed by atoms with van der Waals surface area (Å²) in [4.78, 5) is 28.5. The molecule has 7 heteroatoms. The number of nitrogens with zero attached hydrogens (tertiary/aromatic N) is 2. The van der Waals surface area contributed by atoms with Crippen LogP contribution in [0.3, 0.4) is 0 Å². The molecule has 1 fully saturated rings. The number of aromatic nitrogens is 1. The van der Waals surface area contributed by atoms with Crippen molar-refractivity contribution in [3.8, 4) is 0 Å². The first-order valence-electron chi connectivity index (χ1n) is 6.17. The molecule has 0 spiro atoms. The lowest BCUT2D eigenvalue weighted by atomic mass is 10.1. The SMILES string of the molecule is CN(Cc1cscn1)C(=O)N[C@H]1CC[C@@H](C(=O)O)C1. The Labute approximate surface area is 115 Å². The van der Waals surface area contributed by atoms with Crippen molar-refractivity contribution in [3.05, 3.63) is 16.6 Å². The summed E-state index contributed by atoms with van der Waals surface area (Å²) >= 11 is 1.49. The van der Waals surface area contributed by atoms with Crippen molar-refractivity contribution in [3.63, 3.8) is 0 Å². The number of rotatable bonds is 4. The maximum atomic E-state index is 11.9. The van der Waals surface area contributed by atoms with Gasteiger partial charge in [-0.25, -0.2) is 9.78 Å². The molecular weight excluding hydrogens is 266 g/mol. The van der Waals surface area contributed by atoms with Gasteiger partial charge in [-0.05, 0) is 19.3 Å². The Kier molecular flexibility index (Phi) is 4.36. The lowest BCUT2D eigenvalue weighted by molar-refractivity contribution is -0.141. The second-order valence-electron chi connectivity index (χ2n) is 4.83. The van der Waals surface area contributed by atoms with Crippen LogP contribution in [0.4, 0.5) is 4.79 Å². The van der Waals surface area contributed by atoms with Crippen LogP contribution in [-0.4, -0.2) is 40.1 Å². The lowest BCUT2D eigenvalue weighted by Gasteiger charge is -2.20. The Hall–Kier alpha value is -1.63. The minimum Gasteiger partial charge on any atom is -0.481 e. The molecule has 0 saturated heterocycles. The fourth-order valence-corrected chi connectivity index (χ4v) is 2.80. The maximum absolute atomic E-state index is 11.9. The van der Waals surface area contributed by atoms with Gasteiger partial charge in [-0.1, -0.05) is 0 Å². The molecule has 1 aromatic rings. The average molecular weight is 283 g/mol. The Morgan fingerprint density at radius 1 is 1.58 bits per heavy atom. The third-order valence-corrected chi connectivity index (χ3v) is 3.97. The summed E-state index contributed by atoms with van der Waals surface area (Å²) in [5, 5.41) is 13.7. The number of amides is 2. The van der Waals surface area contributed by atoms with Gasteiger partial charge < -0.3 is 15.3 Å². The third kappa shape index (κ3) is 3.66. The van der Waals surface area contributed by atoms with Gasteiger partial charge in [-0.2, -0.15) is 0 Å². The molecule has 1 aliphatic carbocycles. The number of carbonyl (C=O) groups is 2. The Morgan fingerprint density at radius 3 is 2.95 bits per heavy atom. The van der Waals surface area contributed by atoms with Gasteiger partial charge >= 0.3 is 12.0 Å². The molecule has 104 valence electrons. The van der Waals surface area contributed by atoms with E-state index in [1.807, 2.05) is 5.38 Å². The molecule has 2 amide bonds. The monoisotopic (exact) mass is 283 g/mol. The van der Waals surface area contributed by atoms with Crippen LogP contribution in [0.15, 0.2) is 10.9 Å². The van der Waals surface area contributed by atoms with Gasteiger partial charge in [0.05, 0.1) is 23.7 Å². The summed E-state index contributed by atoms with van der Waals surface area (Å²) < 4.78 is 0. The molecule has 0 bridgehead atoms. The highest BCUT2D eigenvalue weighted by atomic mass is 32.1. The largest absolute Gasteiger partial charge is 0.481 e. The molecule has 1 aromatic heterocycles. The van der Waals surface area contributed by atoms with Crippen molar-refractivity contribution in [1.29, 1.82) is 0 Å². The lowest BCUT2D eigenvalue weighted by Crippen LogP contribution is -2.42. The molecule has 6 nitrogen and oxygen atoms in total. The molecule has 1 saturated carbocycles. The van der Waals surface area contributed by atoms with Gasteiger partial charge in [0.1, 0.15) is 0 Å². The minimum atomic E-state index is -0.771. The highest BCUT2D eigenvalue weighted by molar-refractivity contribution is 7.07. The summed E-state index contributed by atoms with van der Waals surface area (Å²) in [5.41, 5.74) is 2.59. The van der Waals surface area contributed by atoms with Crippen LogP contribution in [-0.2, 0) is 11.3 Å². The molecule has 19 heavy (non-hydrogen) atoms. The van der Waals surface area contributed by atoms with E-state index >= 15 is 0 Å². The highest BCUT2D eigenvalue weighted by Crippen LogP contribution is 2.25. The first kappa shape index (κ1) is 13.8. The van der Waals surface area contributed by atoms with E-state index < -0.39 is 5.97 Å². The molecule has 0 aromatic carbocycles. The number of hydrogen-bond acceptors (Lipinski definition) is 4. The number of carboxylic acids is 1. The first-order chi connectivity index (χ1) is 9.06. The number of thiazole rings is 1. The fourth-order valence-electron chi connectivity index (χ4n) is 2.25. The van der Waals surface area contributed by atoms with Crippen molar-refractivity contribution in [2.75, 3.05) is 7.05 Å². The van der Waals surface area contributed by atoms with E-state index in [4.69, 9.17) is 5.11 Å². The van der Waals surface area contributed by atoms with Crippen LogP contribution >= 0.6 is 11.3 Å². The first-order valence-corrected chi connectivity index (χ1v) is 7.12. The average Bonchev–Trinajstić information content (AvgIpc) is 2.99. The molecule has 1 heterocycles. The molecule has 0 aliphatic heterocycles. The van der Waals surface area contributed by atoms with Crippen LogP contribution in [0, 0.1) is 5.92 Å². The van der Waals surface area contributed by atoms with Gasteiger partial charge in [0.2, 0.25) is 0 Å². The topological polar surface area (TPSA) is 82.5 Å². The number of aliphatic carboxylic acids is 1. The van der Waals surface area contributed by atoms with E-state index in [0.29, 0.717) is 19.4 Å². The maximum Gasteiger partial charge on any atom is 0.317 e. The quantitative estimate of drug-likeness (QED) is 0.878. The van der Waals surface area contributed by atoms with Crippen molar-refractivity contribution >= 4 is 23.3 Å². The zero-order chi connectivity index (χ0) is 13.8. The Bertz CT molecular complexity index is 449. The molecule has 0 radical (unpaired) electrons. The van der Waals surface area contributed by atoms with Gasteiger partial charge in [-0.3, -0.25) is 4.79 Å². The second-order valence-corrected chi connectivity index (χ2v) is 5.55. The molecule has 1 aliphatic rings. The zero-order valence-electron chi connectivity index (χ0n) is 10.7. The normalized spacial score (nSPS) is 22.2. The number of carbonyl (C=O) groups excluding carboxylic acids is 1. The van der Waals surface area contributed by atoms with Gasteiger partial charge in [0.15, 0.2) is 0 Å². The van der Waals surface area contributed by atoms with Crippen molar-refractivity contribution in [1.82, 2.24) is 15.2 Å². The van der Waals surface area contributed by atoms with Crippen LogP contribution < -0.4 is 5.32 Å². The molecule has 2 rings (SSSR count). The van der Waals surface area contributed by atoms with Gasteiger partial charge in [0.25, 0.3) is 0 Å². The molecule has 2 N–H and O–H groups in total. The summed E-state index contributed by atoms with van der Waals surface area (Å²) in [5.74, 6) is -1.10. The Balaban J connectivity index is 1.79. The Morgan fingerprint density at radius 2 is 2.37 bits per heavy atom. The van der Waals surface area contributed by atoms with Crippen molar-refractivity contribution in [2.24, 2.45) is 5.92 Å². The summed E-state index contributed by atoms with van der Waals surface area (Å²) in [6.45, 7) is 0.463. The van der Waals surface area contributed by atoms with Crippen LogP contribution in [0.5, 0.6) is 0 Å². The number of nitrogens with one attached hydrogen (secondary N) is 1. The van der Waals surface area contributed by atoms with Crippen LogP contribution in [0.2, 0.25) is 0 Å². The summed E-state index contributed by atoms with van der Waals surface area (Å²) in [6, 6.07) is -0.212. The number of urea groups is 1. The molecular formula is C12H17N3O3S. The van der Waals surface area contributed by atoms with E-state index in [9.17, 15) is 9.59 Å². The smallest absolute Gasteiger partial charge is 0.317 e. The predicted molar refractivity (Wildman–Crippen MR) is 70.9 cm³/mol. The number of hydrogen-bond donors (Lipinski definition) is 2. The van der Waals surface area contributed by atoms with E-state index in [1.165, 1.54) is 11.3 Å². The minimum absolute atomic E-state index is 0.0357.